The van der Waals surface area contributed by atoms with Crippen molar-refractivity contribution < 1.29 is 9.59 Å². The van der Waals surface area contributed by atoms with Crippen LogP contribution in [0.25, 0.3) is 0 Å². The fourth-order valence-corrected chi connectivity index (χ4v) is 3.31. The van der Waals surface area contributed by atoms with Crippen molar-refractivity contribution in [2.75, 3.05) is 10.6 Å². The Bertz CT molecular complexity index is 1130. The van der Waals surface area contributed by atoms with E-state index in [1.165, 1.54) is 0 Å². The highest BCUT2D eigenvalue weighted by Crippen LogP contribution is 2.18. The lowest BCUT2D eigenvalue weighted by molar-refractivity contribution is 0.0975. The fraction of sp³-hybridized carbons (Fsp3) is 0.0870. The summed E-state index contributed by atoms with van der Waals surface area (Å²) in [5.74, 6) is -0.559. The van der Waals surface area contributed by atoms with E-state index >= 15 is 0 Å². The Morgan fingerprint density at radius 1 is 0.833 bits per heavy atom. The van der Waals surface area contributed by atoms with E-state index in [9.17, 15) is 9.59 Å². The zero-order valence-electron chi connectivity index (χ0n) is 16.5. The van der Waals surface area contributed by atoms with E-state index < -0.39 is 0 Å². The predicted molar refractivity (Wildman–Crippen MR) is 125 cm³/mol. The van der Waals surface area contributed by atoms with Crippen molar-refractivity contribution in [3.05, 3.63) is 94.0 Å². The van der Waals surface area contributed by atoms with E-state index in [1.807, 2.05) is 26.0 Å². The second-order valence-corrected chi connectivity index (χ2v) is 7.62. The summed E-state index contributed by atoms with van der Waals surface area (Å²) < 4.78 is 0. The predicted octanol–water partition coefficient (Wildman–Crippen LogP) is 5.34. The van der Waals surface area contributed by atoms with Crippen LogP contribution in [0.3, 0.4) is 0 Å². The first kappa shape index (κ1) is 21.5. The van der Waals surface area contributed by atoms with E-state index in [-0.39, 0.29) is 16.9 Å². The topological polar surface area (TPSA) is 70.2 Å². The third kappa shape index (κ3) is 5.65. The zero-order valence-corrected chi connectivity index (χ0v) is 18.0. The van der Waals surface area contributed by atoms with Crippen molar-refractivity contribution in [2.24, 2.45) is 0 Å². The van der Waals surface area contributed by atoms with Gasteiger partial charge in [0, 0.05) is 27.5 Å². The Labute approximate surface area is 185 Å². The van der Waals surface area contributed by atoms with E-state index in [0.29, 0.717) is 27.5 Å². The highest BCUT2D eigenvalue weighted by molar-refractivity contribution is 7.80. The van der Waals surface area contributed by atoms with Gasteiger partial charge in [0.2, 0.25) is 0 Å². The van der Waals surface area contributed by atoms with Crippen molar-refractivity contribution in [2.45, 2.75) is 13.8 Å². The van der Waals surface area contributed by atoms with Crippen LogP contribution < -0.4 is 16.0 Å². The number of aryl methyl sites for hydroxylation is 2. The van der Waals surface area contributed by atoms with Gasteiger partial charge in [0.25, 0.3) is 11.8 Å². The average Bonchev–Trinajstić information content (AvgIpc) is 2.68. The molecule has 30 heavy (non-hydrogen) atoms. The minimum absolute atomic E-state index is 0.165. The fourth-order valence-electron chi connectivity index (χ4n) is 2.91. The molecule has 0 fully saturated rings. The number of hydrogen-bond acceptors (Lipinski definition) is 3. The number of amides is 2. The molecular formula is C23H20ClN3O2S. The van der Waals surface area contributed by atoms with Crippen LogP contribution in [0.15, 0.2) is 66.7 Å². The molecule has 5 nitrogen and oxygen atoms in total. The highest BCUT2D eigenvalue weighted by Gasteiger charge is 2.11. The van der Waals surface area contributed by atoms with Crippen LogP contribution in [-0.4, -0.2) is 16.9 Å². The van der Waals surface area contributed by atoms with Gasteiger partial charge < -0.3 is 10.6 Å². The van der Waals surface area contributed by atoms with Gasteiger partial charge in [-0.2, -0.15) is 0 Å². The summed E-state index contributed by atoms with van der Waals surface area (Å²) in [6.07, 6.45) is 0. The van der Waals surface area contributed by atoms with E-state index in [2.05, 4.69) is 16.0 Å². The zero-order chi connectivity index (χ0) is 21.7. The standard InChI is InChI=1S/C23H20ClN3O2S/c1-14-9-10-20(15(2)11-14)22(29)27-23(30)26-19-8-4-7-18(13-19)25-21(28)16-5-3-6-17(24)12-16/h3-13H,1-2H3,(H,25,28)(H2,26,27,29,30). The molecular weight excluding hydrogens is 418 g/mol. The molecule has 0 aliphatic carbocycles. The number of halogens is 1. The SMILES string of the molecule is Cc1ccc(C(=O)NC(=S)Nc2cccc(NC(=O)c3cccc(Cl)c3)c2)c(C)c1. The second kappa shape index (κ2) is 9.52. The summed E-state index contributed by atoms with van der Waals surface area (Å²) in [6.45, 7) is 3.85. The van der Waals surface area contributed by atoms with Crippen LogP contribution in [0.2, 0.25) is 5.02 Å². The summed E-state index contributed by atoms with van der Waals surface area (Å²) in [6, 6.07) is 19.3. The first-order chi connectivity index (χ1) is 14.3. The molecule has 152 valence electrons. The minimum Gasteiger partial charge on any atom is -0.332 e. The normalized spacial score (nSPS) is 10.2. The van der Waals surface area contributed by atoms with Crippen LogP contribution in [0.1, 0.15) is 31.8 Å². The summed E-state index contributed by atoms with van der Waals surface area (Å²) in [7, 11) is 0. The third-order valence-electron chi connectivity index (χ3n) is 4.32. The van der Waals surface area contributed by atoms with Crippen molar-refractivity contribution >= 4 is 52.1 Å². The van der Waals surface area contributed by atoms with Crippen molar-refractivity contribution in [1.82, 2.24) is 5.32 Å². The molecule has 0 saturated heterocycles. The monoisotopic (exact) mass is 437 g/mol. The summed E-state index contributed by atoms with van der Waals surface area (Å²) >= 11 is 11.2. The first-order valence-corrected chi connectivity index (χ1v) is 9.97. The maximum atomic E-state index is 12.5. The maximum absolute atomic E-state index is 12.5. The van der Waals surface area contributed by atoms with Gasteiger partial charge in [0.05, 0.1) is 0 Å². The lowest BCUT2D eigenvalue weighted by Gasteiger charge is -2.12. The number of anilines is 2. The number of carbonyl (C=O) groups is 2. The van der Waals surface area contributed by atoms with Crippen LogP contribution in [0.4, 0.5) is 11.4 Å². The molecule has 0 aliphatic heterocycles. The van der Waals surface area contributed by atoms with E-state index in [0.717, 1.165) is 11.1 Å². The Morgan fingerprint density at radius 3 is 2.23 bits per heavy atom. The van der Waals surface area contributed by atoms with Crippen molar-refractivity contribution in [3.63, 3.8) is 0 Å². The number of hydrogen-bond donors (Lipinski definition) is 3. The van der Waals surface area contributed by atoms with Crippen molar-refractivity contribution in [3.8, 4) is 0 Å². The molecule has 3 N–H and O–H groups in total. The quantitative estimate of drug-likeness (QED) is 0.482. The van der Waals surface area contributed by atoms with Gasteiger partial charge in [-0.3, -0.25) is 14.9 Å². The first-order valence-electron chi connectivity index (χ1n) is 9.18. The van der Waals surface area contributed by atoms with Gasteiger partial charge in [-0.05, 0) is 74.1 Å². The van der Waals surface area contributed by atoms with Gasteiger partial charge in [-0.25, -0.2) is 0 Å². The molecule has 0 aliphatic rings. The minimum atomic E-state index is -0.282. The molecule has 0 bridgehead atoms. The smallest absolute Gasteiger partial charge is 0.257 e. The van der Waals surface area contributed by atoms with Gasteiger partial charge in [-0.1, -0.05) is 41.4 Å². The molecule has 7 heteroatoms. The third-order valence-corrected chi connectivity index (χ3v) is 4.76. The maximum Gasteiger partial charge on any atom is 0.257 e. The number of carbonyl (C=O) groups excluding carboxylic acids is 2. The molecule has 2 amide bonds. The van der Waals surface area contributed by atoms with Crippen LogP contribution in [-0.2, 0) is 0 Å². The number of nitrogens with one attached hydrogen (secondary N) is 3. The van der Waals surface area contributed by atoms with E-state index in [4.69, 9.17) is 23.8 Å². The van der Waals surface area contributed by atoms with Crippen molar-refractivity contribution in [1.29, 1.82) is 0 Å². The molecule has 3 aromatic carbocycles. The Hall–Kier alpha value is -3.22. The average molecular weight is 438 g/mol. The number of rotatable bonds is 4. The second-order valence-electron chi connectivity index (χ2n) is 6.77. The summed E-state index contributed by atoms with van der Waals surface area (Å²) in [5.41, 5.74) is 4.19. The van der Waals surface area contributed by atoms with Gasteiger partial charge in [0.1, 0.15) is 0 Å². The van der Waals surface area contributed by atoms with Gasteiger partial charge in [-0.15, -0.1) is 0 Å². The van der Waals surface area contributed by atoms with Gasteiger partial charge >= 0.3 is 0 Å². The molecule has 3 rings (SSSR count). The largest absolute Gasteiger partial charge is 0.332 e. The highest BCUT2D eigenvalue weighted by atomic mass is 35.5. The summed E-state index contributed by atoms with van der Waals surface area (Å²) in [5, 5.41) is 9.10. The molecule has 0 unspecified atom stereocenters. The Balaban J connectivity index is 1.63. The molecule has 0 radical (unpaired) electrons. The molecule has 0 heterocycles. The van der Waals surface area contributed by atoms with Gasteiger partial charge in [0.15, 0.2) is 5.11 Å². The van der Waals surface area contributed by atoms with E-state index in [1.54, 1.807) is 54.6 Å². The number of thiocarbonyl (C=S) groups is 1. The van der Waals surface area contributed by atoms with Crippen LogP contribution in [0.5, 0.6) is 0 Å². The Morgan fingerprint density at radius 2 is 1.53 bits per heavy atom. The molecule has 0 aromatic heterocycles. The molecule has 0 spiro atoms. The van der Waals surface area contributed by atoms with Crippen LogP contribution >= 0.6 is 23.8 Å². The van der Waals surface area contributed by atoms with Crippen LogP contribution in [0, 0.1) is 13.8 Å². The lowest BCUT2D eigenvalue weighted by Crippen LogP contribution is -2.34. The number of benzene rings is 3. The molecule has 0 atom stereocenters. The Kier molecular flexibility index (Phi) is 6.82. The molecule has 3 aromatic rings. The molecule has 0 saturated carbocycles. The lowest BCUT2D eigenvalue weighted by atomic mass is 10.1. The summed E-state index contributed by atoms with van der Waals surface area (Å²) in [4.78, 5) is 24.9.